The Labute approximate surface area is 195 Å². The Hall–Kier alpha value is -2.80. The number of rotatable bonds is 3. The molecule has 5 rings (SSSR count). The van der Waals surface area contributed by atoms with E-state index < -0.39 is 0 Å². The monoisotopic (exact) mass is 510 g/mol. The second-order valence-corrected chi connectivity index (χ2v) is 9.22. The fraction of sp³-hybridized carbons (Fsp3) is 0. The largest absolute Gasteiger partial charge is 0.282 e. The fourth-order valence-corrected chi connectivity index (χ4v) is 5.28. The Kier molecular flexibility index (Phi) is 5.22. The molecule has 0 spiro atoms. The van der Waals surface area contributed by atoms with Crippen LogP contribution < -0.4 is 4.90 Å². The lowest BCUT2D eigenvalue weighted by Gasteiger charge is -2.18. The molecule has 1 aliphatic rings. The molecule has 1 aliphatic heterocycles. The molecule has 1 aromatic heterocycles. The van der Waals surface area contributed by atoms with Gasteiger partial charge in [-0.15, -0.1) is 11.3 Å². The zero-order chi connectivity index (χ0) is 21.5. The van der Waals surface area contributed by atoms with Gasteiger partial charge in [0, 0.05) is 14.6 Å². The first-order valence-corrected chi connectivity index (χ1v) is 11.3. The second-order valence-electron chi connectivity index (χ2n) is 6.88. The predicted molar refractivity (Wildman–Crippen MR) is 129 cm³/mol. The van der Waals surface area contributed by atoms with E-state index in [1.54, 1.807) is 23.1 Å². The minimum atomic E-state index is -0.336. The molecule has 3 aromatic carbocycles. The summed E-state index contributed by atoms with van der Waals surface area (Å²) in [7, 11) is 0. The highest BCUT2D eigenvalue weighted by Crippen LogP contribution is 2.39. The fourth-order valence-electron chi connectivity index (χ4n) is 3.40. The van der Waals surface area contributed by atoms with E-state index in [1.165, 1.54) is 23.5 Å². The van der Waals surface area contributed by atoms with Gasteiger partial charge in [-0.25, -0.2) is 9.38 Å². The summed E-state index contributed by atoms with van der Waals surface area (Å²) in [5.74, 6) is -0.134. The van der Waals surface area contributed by atoms with Crippen molar-refractivity contribution < 1.29 is 9.18 Å². The first-order chi connectivity index (χ1) is 15.0. The van der Waals surface area contributed by atoms with Crippen LogP contribution in [0.2, 0.25) is 5.02 Å². The summed E-state index contributed by atoms with van der Waals surface area (Å²) in [6, 6.07) is 21.2. The number of amides is 1. The van der Waals surface area contributed by atoms with Crippen LogP contribution in [-0.2, 0) is 4.79 Å². The van der Waals surface area contributed by atoms with Crippen LogP contribution in [0.15, 0.2) is 88.0 Å². The number of anilines is 1. The Balaban J connectivity index is 1.69. The normalized spacial score (nSPS) is 15.2. The molecular weight excluding hydrogens is 499 g/mol. The van der Waals surface area contributed by atoms with Gasteiger partial charge in [-0.3, -0.25) is 9.69 Å². The van der Waals surface area contributed by atoms with Gasteiger partial charge in [0.25, 0.3) is 5.91 Å². The Morgan fingerprint density at radius 1 is 1.03 bits per heavy atom. The zero-order valence-corrected chi connectivity index (χ0v) is 19.0. The summed E-state index contributed by atoms with van der Waals surface area (Å²) >= 11 is 11.7. The minimum Gasteiger partial charge on any atom is -0.266 e. The number of benzene rings is 3. The molecule has 0 N–H and O–H groups in total. The van der Waals surface area contributed by atoms with E-state index in [-0.39, 0.29) is 17.4 Å². The van der Waals surface area contributed by atoms with Gasteiger partial charge in [-0.2, -0.15) is 0 Å². The molecule has 0 bridgehead atoms. The molecule has 0 saturated heterocycles. The molecule has 1 amide bonds. The van der Waals surface area contributed by atoms with Crippen molar-refractivity contribution in [3.63, 3.8) is 0 Å². The maximum Gasteiger partial charge on any atom is 0.282 e. The lowest BCUT2D eigenvalue weighted by Crippen LogP contribution is -2.32. The van der Waals surface area contributed by atoms with Gasteiger partial charge in [-0.05, 0) is 48.0 Å². The van der Waals surface area contributed by atoms with E-state index in [4.69, 9.17) is 11.6 Å². The van der Waals surface area contributed by atoms with Crippen LogP contribution in [-0.4, -0.2) is 11.7 Å². The Morgan fingerprint density at radius 3 is 2.55 bits per heavy atom. The number of halogens is 3. The minimum absolute atomic E-state index is 0.259. The van der Waals surface area contributed by atoms with E-state index in [0.717, 1.165) is 19.4 Å². The summed E-state index contributed by atoms with van der Waals surface area (Å²) in [4.78, 5) is 20.4. The second kappa shape index (κ2) is 8.04. The number of thiophene rings is 1. The number of aliphatic imine (C=N–C) groups is 1. The SMILES string of the molecule is O=C1/C(=C\c2ccc(F)cc2)N=C(c2sc3ccccc3c2Cl)N1c1cccc(Br)c1. The maximum atomic E-state index is 13.4. The molecule has 3 nitrogen and oxygen atoms in total. The maximum absolute atomic E-state index is 13.4. The summed E-state index contributed by atoms with van der Waals surface area (Å²) in [5.41, 5.74) is 1.62. The van der Waals surface area contributed by atoms with Gasteiger partial charge in [-0.1, -0.05) is 63.9 Å². The number of nitrogens with zero attached hydrogens (tertiary/aromatic N) is 2. The molecule has 0 fully saturated rings. The summed E-state index contributed by atoms with van der Waals surface area (Å²) in [6.45, 7) is 0. The third-order valence-electron chi connectivity index (χ3n) is 4.84. The van der Waals surface area contributed by atoms with Crippen molar-refractivity contribution >= 4 is 72.5 Å². The molecule has 31 heavy (non-hydrogen) atoms. The number of hydrogen-bond donors (Lipinski definition) is 0. The lowest BCUT2D eigenvalue weighted by atomic mass is 10.2. The van der Waals surface area contributed by atoms with Crippen molar-refractivity contribution in [2.75, 3.05) is 4.90 Å². The zero-order valence-electron chi connectivity index (χ0n) is 15.9. The van der Waals surface area contributed by atoms with Crippen molar-refractivity contribution in [3.05, 3.63) is 104 Å². The van der Waals surface area contributed by atoms with Crippen LogP contribution in [0.25, 0.3) is 16.2 Å². The third-order valence-corrected chi connectivity index (χ3v) is 7.00. The molecule has 152 valence electrons. The summed E-state index contributed by atoms with van der Waals surface area (Å²) in [6.07, 6.45) is 1.65. The van der Waals surface area contributed by atoms with Crippen molar-refractivity contribution in [2.45, 2.75) is 0 Å². The van der Waals surface area contributed by atoms with Crippen LogP contribution >= 0.6 is 38.9 Å². The van der Waals surface area contributed by atoms with E-state index in [0.29, 0.717) is 22.1 Å². The first-order valence-electron chi connectivity index (χ1n) is 9.34. The molecule has 0 unspecified atom stereocenters. The van der Waals surface area contributed by atoms with Crippen molar-refractivity contribution in [1.82, 2.24) is 0 Å². The number of carbonyl (C=O) groups excluding carboxylic acids is 1. The van der Waals surface area contributed by atoms with E-state index in [1.807, 2.05) is 48.5 Å². The molecule has 7 heteroatoms. The molecular formula is C24H13BrClFN2OS. The van der Waals surface area contributed by atoms with Crippen LogP contribution in [0.5, 0.6) is 0 Å². The predicted octanol–water partition coefficient (Wildman–Crippen LogP) is 7.29. The smallest absolute Gasteiger partial charge is 0.266 e. The standard InChI is InChI=1S/C24H13BrClFN2OS/c25-15-4-3-5-17(13-15)29-23(22-21(26)18-6-1-2-7-20(18)31-22)28-19(24(29)30)12-14-8-10-16(27)11-9-14/h1-13H/b19-12+. The number of carbonyl (C=O) groups is 1. The van der Waals surface area contributed by atoms with Gasteiger partial charge in [0.15, 0.2) is 5.84 Å². The average Bonchev–Trinajstić information content (AvgIpc) is 3.27. The molecule has 0 saturated carbocycles. The third kappa shape index (κ3) is 3.71. The van der Waals surface area contributed by atoms with E-state index >= 15 is 0 Å². The Bertz CT molecular complexity index is 1390. The van der Waals surface area contributed by atoms with Gasteiger partial charge < -0.3 is 0 Å². The van der Waals surface area contributed by atoms with Gasteiger partial charge in [0.1, 0.15) is 11.5 Å². The Morgan fingerprint density at radius 2 is 1.81 bits per heavy atom. The van der Waals surface area contributed by atoms with Gasteiger partial charge in [0.05, 0.1) is 15.6 Å². The number of hydrogen-bond acceptors (Lipinski definition) is 3. The highest BCUT2D eigenvalue weighted by atomic mass is 79.9. The van der Waals surface area contributed by atoms with E-state index in [9.17, 15) is 9.18 Å². The van der Waals surface area contributed by atoms with Gasteiger partial charge in [0.2, 0.25) is 0 Å². The van der Waals surface area contributed by atoms with Crippen molar-refractivity contribution in [2.24, 2.45) is 4.99 Å². The van der Waals surface area contributed by atoms with Crippen LogP contribution in [0.4, 0.5) is 10.1 Å². The van der Waals surface area contributed by atoms with Crippen LogP contribution in [0, 0.1) is 5.82 Å². The molecule has 0 atom stereocenters. The molecule has 0 aliphatic carbocycles. The number of amidine groups is 1. The highest BCUT2D eigenvalue weighted by molar-refractivity contribution is 9.10. The van der Waals surface area contributed by atoms with Gasteiger partial charge >= 0.3 is 0 Å². The van der Waals surface area contributed by atoms with E-state index in [2.05, 4.69) is 20.9 Å². The van der Waals surface area contributed by atoms with Crippen molar-refractivity contribution in [1.29, 1.82) is 0 Å². The quantitative estimate of drug-likeness (QED) is 0.266. The average molecular weight is 512 g/mol. The number of fused-ring (bicyclic) bond motifs is 1. The topological polar surface area (TPSA) is 32.7 Å². The van der Waals surface area contributed by atoms with Crippen LogP contribution in [0.1, 0.15) is 10.4 Å². The molecule has 2 heterocycles. The summed E-state index contributed by atoms with van der Waals surface area (Å²) < 4.78 is 15.1. The molecule has 4 aromatic rings. The van der Waals surface area contributed by atoms with Crippen molar-refractivity contribution in [3.8, 4) is 0 Å². The first kappa shape index (κ1) is 20.1. The highest BCUT2D eigenvalue weighted by Gasteiger charge is 2.35. The molecule has 0 radical (unpaired) electrons. The van der Waals surface area contributed by atoms with Crippen LogP contribution in [0.3, 0.4) is 0 Å². The lowest BCUT2D eigenvalue weighted by molar-refractivity contribution is -0.113. The summed E-state index contributed by atoms with van der Waals surface area (Å²) in [5, 5.41) is 1.49.